The molecule has 126 valence electrons. The van der Waals surface area contributed by atoms with E-state index in [0.29, 0.717) is 16.9 Å². The summed E-state index contributed by atoms with van der Waals surface area (Å²) in [5.74, 6) is 0.591. The highest BCUT2D eigenvalue weighted by molar-refractivity contribution is 5.80. The number of nitrogens with one attached hydrogen (secondary N) is 1. The molecule has 26 heavy (non-hydrogen) atoms. The second-order valence-corrected chi connectivity index (χ2v) is 6.22. The van der Waals surface area contributed by atoms with Gasteiger partial charge in [-0.25, -0.2) is 4.98 Å². The van der Waals surface area contributed by atoms with E-state index in [2.05, 4.69) is 10.3 Å². The van der Waals surface area contributed by atoms with E-state index in [9.17, 15) is 4.79 Å². The van der Waals surface area contributed by atoms with Gasteiger partial charge in [-0.05, 0) is 29.8 Å². The Bertz CT molecular complexity index is 1140. The number of nitrogens with zero attached hydrogens (tertiary/aromatic N) is 3. The maximum atomic E-state index is 13.0. The van der Waals surface area contributed by atoms with Crippen molar-refractivity contribution in [3.05, 3.63) is 101 Å². The van der Waals surface area contributed by atoms with Crippen molar-refractivity contribution in [3.63, 3.8) is 0 Å². The van der Waals surface area contributed by atoms with Crippen LogP contribution in [0.25, 0.3) is 10.9 Å². The summed E-state index contributed by atoms with van der Waals surface area (Å²) >= 11 is 0. The lowest BCUT2D eigenvalue weighted by atomic mass is 10.1. The molecule has 1 atom stereocenters. The molecule has 0 saturated carbocycles. The Kier molecular flexibility index (Phi) is 3.25. The van der Waals surface area contributed by atoms with Crippen molar-refractivity contribution < 1.29 is 0 Å². The van der Waals surface area contributed by atoms with Gasteiger partial charge in [-0.15, -0.1) is 0 Å². The summed E-state index contributed by atoms with van der Waals surface area (Å²) in [5, 5.41) is 0.602. The van der Waals surface area contributed by atoms with Crippen LogP contribution in [0.15, 0.2) is 89.7 Å². The van der Waals surface area contributed by atoms with Gasteiger partial charge in [0, 0.05) is 5.69 Å². The molecule has 0 amide bonds. The van der Waals surface area contributed by atoms with Crippen LogP contribution >= 0.6 is 0 Å². The maximum absolute atomic E-state index is 13.0. The summed E-state index contributed by atoms with van der Waals surface area (Å²) < 4.78 is 1.55. The van der Waals surface area contributed by atoms with Crippen LogP contribution in [0.1, 0.15) is 11.7 Å². The first-order chi connectivity index (χ1) is 12.8. The van der Waals surface area contributed by atoms with Gasteiger partial charge in [0.15, 0.2) is 0 Å². The number of benzene rings is 3. The summed E-state index contributed by atoms with van der Waals surface area (Å²) in [5.41, 5.74) is 5.96. The van der Waals surface area contributed by atoms with Crippen molar-refractivity contribution in [1.82, 2.24) is 9.66 Å². The third kappa shape index (κ3) is 2.18. The van der Waals surface area contributed by atoms with Crippen molar-refractivity contribution >= 4 is 22.5 Å². The van der Waals surface area contributed by atoms with Crippen LogP contribution in [0, 0.1) is 0 Å². The van der Waals surface area contributed by atoms with Gasteiger partial charge in [0.25, 0.3) is 5.56 Å². The molecule has 0 spiro atoms. The molecule has 0 radical (unpaired) electrons. The fourth-order valence-corrected chi connectivity index (χ4v) is 3.41. The largest absolute Gasteiger partial charge is 0.293 e. The Morgan fingerprint density at radius 2 is 1.46 bits per heavy atom. The van der Waals surface area contributed by atoms with Crippen LogP contribution < -0.4 is 15.9 Å². The van der Waals surface area contributed by atoms with Crippen molar-refractivity contribution in [2.45, 2.75) is 6.17 Å². The summed E-state index contributed by atoms with van der Waals surface area (Å²) in [4.78, 5) is 19.8. The predicted molar refractivity (Wildman–Crippen MR) is 103 cm³/mol. The molecular weight excluding hydrogens is 324 g/mol. The number of hydrogen-bond acceptors (Lipinski definition) is 4. The fraction of sp³-hybridized carbons (Fsp3) is 0.0476. The molecule has 5 rings (SSSR count). The number of anilines is 2. The predicted octanol–water partition coefficient (Wildman–Crippen LogP) is 3.79. The molecule has 0 saturated heterocycles. The number of para-hydroxylation sites is 2. The van der Waals surface area contributed by atoms with Gasteiger partial charge in [-0.2, -0.15) is 4.68 Å². The smallest absolute Gasteiger partial charge is 0.281 e. The van der Waals surface area contributed by atoms with E-state index in [4.69, 9.17) is 4.98 Å². The minimum Gasteiger partial charge on any atom is -0.293 e. The highest BCUT2D eigenvalue weighted by Gasteiger charge is 2.33. The van der Waals surface area contributed by atoms with E-state index in [0.717, 1.165) is 11.3 Å². The number of aromatic nitrogens is 2. The zero-order chi connectivity index (χ0) is 17.5. The third-order valence-electron chi connectivity index (χ3n) is 4.63. The molecule has 1 aromatic heterocycles. The molecule has 4 aromatic rings. The first kappa shape index (κ1) is 14.7. The van der Waals surface area contributed by atoms with Gasteiger partial charge in [0.2, 0.25) is 5.95 Å². The highest BCUT2D eigenvalue weighted by atomic mass is 16.1. The molecule has 3 aromatic carbocycles. The van der Waals surface area contributed by atoms with Crippen molar-refractivity contribution in [3.8, 4) is 0 Å². The molecule has 2 heterocycles. The van der Waals surface area contributed by atoms with Gasteiger partial charge in [0.05, 0.1) is 10.9 Å². The minimum absolute atomic E-state index is 0.0926. The van der Waals surface area contributed by atoms with Gasteiger partial charge >= 0.3 is 0 Å². The normalized spacial score (nSPS) is 15.7. The minimum atomic E-state index is -0.212. The van der Waals surface area contributed by atoms with E-state index < -0.39 is 0 Å². The van der Waals surface area contributed by atoms with Crippen molar-refractivity contribution in [1.29, 1.82) is 0 Å². The van der Waals surface area contributed by atoms with Crippen LogP contribution in [-0.2, 0) is 0 Å². The maximum Gasteiger partial charge on any atom is 0.281 e. The van der Waals surface area contributed by atoms with Crippen LogP contribution in [0.5, 0.6) is 0 Å². The Labute approximate surface area is 150 Å². The molecule has 5 heteroatoms. The molecule has 0 fully saturated rings. The number of fused-ring (bicyclic) bond motifs is 2. The van der Waals surface area contributed by atoms with Crippen LogP contribution in [0.3, 0.4) is 0 Å². The van der Waals surface area contributed by atoms with Gasteiger partial charge in [-0.3, -0.25) is 15.1 Å². The molecule has 0 bridgehead atoms. The van der Waals surface area contributed by atoms with E-state index in [1.807, 2.05) is 84.9 Å². The highest BCUT2D eigenvalue weighted by Crippen LogP contribution is 2.37. The van der Waals surface area contributed by atoms with Gasteiger partial charge in [-0.1, -0.05) is 60.7 Å². The van der Waals surface area contributed by atoms with Crippen LogP contribution in [-0.4, -0.2) is 9.66 Å². The third-order valence-corrected chi connectivity index (χ3v) is 4.63. The topological polar surface area (TPSA) is 50.2 Å². The lowest BCUT2D eigenvalue weighted by Crippen LogP contribution is -2.27. The van der Waals surface area contributed by atoms with E-state index >= 15 is 0 Å². The summed E-state index contributed by atoms with van der Waals surface area (Å²) in [6.07, 6.45) is -0.212. The van der Waals surface area contributed by atoms with Crippen LogP contribution in [0.2, 0.25) is 0 Å². The zero-order valence-corrected chi connectivity index (χ0v) is 13.9. The fourth-order valence-electron chi connectivity index (χ4n) is 3.41. The summed E-state index contributed by atoms with van der Waals surface area (Å²) in [7, 11) is 0. The Morgan fingerprint density at radius 1 is 0.808 bits per heavy atom. The van der Waals surface area contributed by atoms with Crippen LogP contribution in [0.4, 0.5) is 11.6 Å². The van der Waals surface area contributed by atoms with Crippen molar-refractivity contribution in [2.75, 3.05) is 10.3 Å². The summed E-state index contributed by atoms with van der Waals surface area (Å²) in [6, 6.07) is 27.5. The first-order valence-corrected chi connectivity index (χ1v) is 8.50. The van der Waals surface area contributed by atoms with E-state index in [1.165, 1.54) is 0 Å². The lowest BCUT2D eigenvalue weighted by molar-refractivity contribution is 0.767. The Morgan fingerprint density at radius 3 is 2.23 bits per heavy atom. The molecule has 5 nitrogen and oxygen atoms in total. The average molecular weight is 340 g/mol. The molecule has 0 aliphatic carbocycles. The first-order valence-electron chi connectivity index (χ1n) is 8.50. The Balaban J connectivity index is 1.77. The monoisotopic (exact) mass is 340 g/mol. The molecular formula is C21H16N4O. The second kappa shape index (κ2) is 5.74. The van der Waals surface area contributed by atoms with Gasteiger partial charge in [0.1, 0.15) is 6.17 Å². The van der Waals surface area contributed by atoms with E-state index in [1.54, 1.807) is 4.68 Å². The SMILES string of the molecule is O=c1c2ccccc2nc2n1NC(c1ccccc1)N2c1ccccc1. The lowest BCUT2D eigenvalue weighted by Gasteiger charge is -2.24. The second-order valence-electron chi connectivity index (χ2n) is 6.22. The average Bonchev–Trinajstić information content (AvgIpc) is 3.09. The quantitative estimate of drug-likeness (QED) is 0.603. The number of rotatable bonds is 2. The molecule has 1 aliphatic rings. The number of hydrogen-bond donors (Lipinski definition) is 1. The van der Waals surface area contributed by atoms with E-state index in [-0.39, 0.29) is 11.7 Å². The standard InChI is InChI=1S/C21H16N4O/c26-20-17-13-7-8-14-18(17)22-21-24(16-11-5-2-6-12-16)19(23-25(20)21)15-9-3-1-4-10-15/h1-14,19,23H. The Hall–Kier alpha value is -3.60. The molecule has 1 unspecified atom stereocenters. The van der Waals surface area contributed by atoms with Gasteiger partial charge < -0.3 is 0 Å². The van der Waals surface area contributed by atoms with Crippen molar-refractivity contribution in [2.24, 2.45) is 0 Å². The zero-order valence-electron chi connectivity index (χ0n) is 13.9. The molecule has 1 N–H and O–H groups in total. The summed E-state index contributed by atoms with van der Waals surface area (Å²) in [6.45, 7) is 0. The molecule has 1 aliphatic heterocycles.